The van der Waals surface area contributed by atoms with E-state index < -0.39 is 24.3 Å². The lowest BCUT2D eigenvalue weighted by molar-refractivity contribution is 0.0472. The zero-order valence-electron chi connectivity index (χ0n) is 17.6. The lowest BCUT2D eigenvalue weighted by Gasteiger charge is -2.08. The maximum atomic E-state index is 12.7. The van der Waals surface area contributed by atoms with Gasteiger partial charge in [0.05, 0.1) is 23.3 Å². The SMILES string of the molecule is CCOC(=O)c1c(C)[nH]c(C)c1C(=O)COC(=O)c1ccc(Oc2ccccc2)cc1. The van der Waals surface area contributed by atoms with Crippen molar-refractivity contribution in [1.82, 2.24) is 4.98 Å². The van der Waals surface area contributed by atoms with E-state index in [4.69, 9.17) is 14.2 Å². The highest BCUT2D eigenvalue weighted by atomic mass is 16.5. The Hall–Kier alpha value is -3.87. The summed E-state index contributed by atoms with van der Waals surface area (Å²) in [7, 11) is 0. The Morgan fingerprint density at radius 2 is 1.39 bits per heavy atom. The largest absolute Gasteiger partial charge is 0.462 e. The second-order valence-electron chi connectivity index (χ2n) is 6.78. The molecular weight excluding hydrogens is 398 g/mol. The van der Waals surface area contributed by atoms with E-state index in [1.165, 1.54) is 0 Å². The topological polar surface area (TPSA) is 94.7 Å². The highest BCUT2D eigenvalue weighted by Crippen LogP contribution is 2.22. The fourth-order valence-corrected chi connectivity index (χ4v) is 3.16. The molecule has 31 heavy (non-hydrogen) atoms. The smallest absolute Gasteiger partial charge is 0.340 e. The molecule has 0 radical (unpaired) electrons. The number of benzene rings is 2. The summed E-state index contributed by atoms with van der Waals surface area (Å²) in [5.41, 5.74) is 1.67. The molecule has 0 saturated heterocycles. The van der Waals surface area contributed by atoms with Crippen molar-refractivity contribution in [2.75, 3.05) is 13.2 Å². The van der Waals surface area contributed by atoms with E-state index in [9.17, 15) is 14.4 Å². The number of H-pyrrole nitrogens is 1. The Balaban J connectivity index is 1.64. The molecule has 0 atom stereocenters. The van der Waals surface area contributed by atoms with Gasteiger partial charge in [0.25, 0.3) is 0 Å². The first-order chi connectivity index (χ1) is 14.9. The zero-order valence-corrected chi connectivity index (χ0v) is 17.6. The Morgan fingerprint density at radius 1 is 0.774 bits per heavy atom. The van der Waals surface area contributed by atoms with Crippen LogP contribution in [0.4, 0.5) is 0 Å². The molecule has 1 heterocycles. The van der Waals surface area contributed by atoms with Gasteiger partial charge in [-0.3, -0.25) is 4.79 Å². The van der Waals surface area contributed by atoms with Gasteiger partial charge in [0.15, 0.2) is 6.61 Å². The van der Waals surface area contributed by atoms with Crippen molar-refractivity contribution in [3.8, 4) is 11.5 Å². The van der Waals surface area contributed by atoms with Gasteiger partial charge in [-0.05, 0) is 57.2 Å². The van der Waals surface area contributed by atoms with Crippen LogP contribution < -0.4 is 4.74 Å². The Bertz CT molecular complexity index is 1080. The number of carbonyl (C=O) groups excluding carboxylic acids is 3. The molecule has 1 aromatic heterocycles. The number of ketones is 1. The molecule has 0 unspecified atom stereocenters. The van der Waals surface area contributed by atoms with Crippen LogP contribution in [0.15, 0.2) is 54.6 Å². The molecule has 7 heteroatoms. The summed E-state index contributed by atoms with van der Waals surface area (Å²) in [5, 5.41) is 0. The zero-order chi connectivity index (χ0) is 22.4. The van der Waals surface area contributed by atoms with Crippen molar-refractivity contribution < 1.29 is 28.6 Å². The van der Waals surface area contributed by atoms with Crippen molar-refractivity contribution in [2.45, 2.75) is 20.8 Å². The molecule has 0 aliphatic carbocycles. The van der Waals surface area contributed by atoms with Crippen molar-refractivity contribution in [2.24, 2.45) is 0 Å². The molecule has 0 aliphatic rings. The molecule has 0 bridgehead atoms. The van der Waals surface area contributed by atoms with Crippen LogP contribution in [0.3, 0.4) is 0 Å². The normalized spacial score (nSPS) is 10.4. The summed E-state index contributed by atoms with van der Waals surface area (Å²) in [6.45, 7) is 4.74. The maximum Gasteiger partial charge on any atom is 0.340 e. The van der Waals surface area contributed by atoms with E-state index in [-0.39, 0.29) is 23.3 Å². The molecule has 0 saturated carbocycles. The van der Waals surface area contributed by atoms with E-state index in [0.29, 0.717) is 22.9 Å². The molecule has 0 fully saturated rings. The van der Waals surface area contributed by atoms with Crippen LogP contribution in [0, 0.1) is 13.8 Å². The first kappa shape index (κ1) is 21.8. The van der Waals surface area contributed by atoms with Gasteiger partial charge in [-0.2, -0.15) is 0 Å². The van der Waals surface area contributed by atoms with Gasteiger partial charge in [-0.15, -0.1) is 0 Å². The number of aromatic nitrogens is 1. The molecular formula is C24H23NO6. The van der Waals surface area contributed by atoms with E-state index in [1.807, 2.05) is 30.3 Å². The monoisotopic (exact) mass is 421 g/mol. The van der Waals surface area contributed by atoms with Crippen LogP contribution in [0.5, 0.6) is 11.5 Å². The van der Waals surface area contributed by atoms with Crippen molar-refractivity contribution in [1.29, 1.82) is 0 Å². The third-order valence-corrected chi connectivity index (χ3v) is 4.54. The predicted octanol–water partition coefficient (Wildman–Crippen LogP) is 4.64. The lowest BCUT2D eigenvalue weighted by atomic mass is 10.1. The van der Waals surface area contributed by atoms with Gasteiger partial charge >= 0.3 is 11.9 Å². The summed E-state index contributed by atoms with van der Waals surface area (Å²) < 4.78 is 15.9. The first-order valence-electron chi connectivity index (χ1n) is 9.80. The highest BCUT2D eigenvalue weighted by Gasteiger charge is 2.26. The van der Waals surface area contributed by atoms with Crippen LogP contribution in [0.1, 0.15) is 49.4 Å². The summed E-state index contributed by atoms with van der Waals surface area (Å²) >= 11 is 0. The predicted molar refractivity (Wildman–Crippen MR) is 114 cm³/mol. The number of Topliss-reactive ketones (excluding diaryl/α,β-unsaturated/α-hetero) is 1. The summed E-state index contributed by atoms with van der Waals surface area (Å²) in [6.07, 6.45) is 0. The van der Waals surface area contributed by atoms with Crippen LogP contribution >= 0.6 is 0 Å². The molecule has 1 N–H and O–H groups in total. The van der Waals surface area contributed by atoms with Gasteiger partial charge in [-0.25, -0.2) is 9.59 Å². The van der Waals surface area contributed by atoms with E-state index in [2.05, 4.69) is 4.98 Å². The minimum absolute atomic E-state index is 0.169. The first-order valence-corrected chi connectivity index (χ1v) is 9.80. The Kier molecular flexibility index (Phi) is 6.87. The van der Waals surface area contributed by atoms with Gasteiger partial charge in [0.2, 0.25) is 5.78 Å². The maximum absolute atomic E-state index is 12.7. The van der Waals surface area contributed by atoms with Gasteiger partial charge in [0, 0.05) is 11.4 Å². The number of ether oxygens (including phenoxy) is 3. The van der Waals surface area contributed by atoms with E-state index in [0.717, 1.165) is 0 Å². The molecule has 160 valence electrons. The van der Waals surface area contributed by atoms with Crippen LogP contribution in [0.25, 0.3) is 0 Å². The fourth-order valence-electron chi connectivity index (χ4n) is 3.16. The number of aromatic amines is 1. The third-order valence-electron chi connectivity index (χ3n) is 4.54. The van der Waals surface area contributed by atoms with E-state index in [1.54, 1.807) is 45.0 Å². The van der Waals surface area contributed by atoms with Gasteiger partial charge in [-0.1, -0.05) is 18.2 Å². The standard InChI is InChI=1S/C24H23NO6/c1-4-29-24(28)22-16(3)25-15(2)21(22)20(26)14-30-23(27)17-10-12-19(13-11-17)31-18-8-6-5-7-9-18/h5-13,25H,4,14H2,1-3H3. The van der Waals surface area contributed by atoms with Crippen molar-refractivity contribution in [3.05, 3.63) is 82.7 Å². The number of nitrogens with one attached hydrogen (secondary N) is 1. The molecule has 2 aromatic carbocycles. The quantitative estimate of drug-likeness (QED) is 0.421. The van der Waals surface area contributed by atoms with Crippen LogP contribution in [0.2, 0.25) is 0 Å². The third kappa shape index (κ3) is 5.19. The summed E-state index contributed by atoms with van der Waals surface area (Å²) in [5.74, 6) is -0.480. The minimum atomic E-state index is -0.651. The fraction of sp³-hybridized carbons (Fsp3) is 0.208. The van der Waals surface area contributed by atoms with Crippen molar-refractivity contribution in [3.63, 3.8) is 0 Å². The average molecular weight is 421 g/mol. The number of aryl methyl sites for hydroxylation is 2. The number of carbonyl (C=O) groups is 3. The number of hydrogen-bond acceptors (Lipinski definition) is 6. The molecule has 3 rings (SSSR count). The van der Waals surface area contributed by atoms with Gasteiger partial charge < -0.3 is 19.2 Å². The molecule has 7 nitrogen and oxygen atoms in total. The number of hydrogen-bond donors (Lipinski definition) is 1. The van der Waals surface area contributed by atoms with Crippen molar-refractivity contribution >= 4 is 17.7 Å². The summed E-state index contributed by atoms with van der Waals surface area (Å²) in [6, 6.07) is 15.7. The second-order valence-corrected chi connectivity index (χ2v) is 6.78. The molecule has 0 amide bonds. The van der Waals surface area contributed by atoms with Crippen LogP contribution in [-0.4, -0.2) is 35.9 Å². The summed E-state index contributed by atoms with van der Waals surface area (Å²) in [4.78, 5) is 40.2. The average Bonchev–Trinajstić information content (AvgIpc) is 3.07. The molecule has 0 spiro atoms. The van der Waals surface area contributed by atoms with Gasteiger partial charge in [0.1, 0.15) is 11.5 Å². The molecule has 3 aromatic rings. The van der Waals surface area contributed by atoms with E-state index >= 15 is 0 Å². The highest BCUT2D eigenvalue weighted by molar-refractivity contribution is 6.09. The Labute approximate surface area is 179 Å². The lowest BCUT2D eigenvalue weighted by Crippen LogP contribution is -2.18. The second kappa shape index (κ2) is 9.75. The Morgan fingerprint density at radius 3 is 2.03 bits per heavy atom. The number of esters is 2. The minimum Gasteiger partial charge on any atom is -0.462 e. The number of para-hydroxylation sites is 1. The molecule has 0 aliphatic heterocycles. The van der Waals surface area contributed by atoms with Crippen LogP contribution in [-0.2, 0) is 9.47 Å². The number of rotatable bonds is 8.